The maximum absolute atomic E-state index is 4.99. The Balaban J connectivity index is 2.31. The molecular formula is C6H10N2OS2. The highest BCUT2D eigenvalue weighted by atomic mass is 32.2. The molecule has 3 nitrogen and oxygen atoms in total. The normalized spacial score (nSPS) is 13.3. The van der Waals surface area contributed by atoms with Crippen molar-refractivity contribution in [2.24, 2.45) is 0 Å². The number of thioether (sulfide) groups is 1. The molecule has 5 heteroatoms. The van der Waals surface area contributed by atoms with Crippen molar-refractivity contribution in [2.75, 3.05) is 13.7 Å². The van der Waals surface area contributed by atoms with Gasteiger partial charge in [-0.25, -0.2) is 0 Å². The first-order valence-corrected chi connectivity index (χ1v) is 5.00. The molecule has 0 fully saturated rings. The lowest BCUT2D eigenvalue weighted by Crippen LogP contribution is -2.04. The minimum absolute atomic E-state index is 0.452. The summed E-state index contributed by atoms with van der Waals surface area (Å²) < 4.78 is 6.00. The first kappa shape index (κ1) is 8.96. The Kier molecular flexibility index (Phi) is 3.82. The van der Waals surface area contributed by atoms with E-state index in [9.17, 15) is 0 Å². The molecule has 0 bridgehead atoms. The van der Waals surface area contributed by atoms with Gasteiger partial charge in [0.2, 0.25) is 0 Å². The number of ether oxygens (including phenoxy) is 1. The van der Waals surface area contributed by atoms with Crippen LogP contribution in [-0.4, -0.2) is 29.2 Å². The number of nitrogens with zero attached hydrogens (tertiary/aromatic N) is 2. The summed E-state index contributed by atoms with van der Waals surface area (Å²) in [6.07, 6.45) is 0. The highest BCUT2D eigenvalue weighted by molar-refractivity contribution is 8.01. The third-order valence-corrected chi connectivity index (χ3v) is 2.93. The van der Waals surface area contributed by atoms with Gasteiger partial charge in [-0.3, -0.25) is 0 Å². The average Bonchev–Trinajstić information content (AvgIpc) is 2.40. The quantitative estimate of drug-likeness (QED) is 0.676. The van der Waals surface area contributed by atoms with Crippen LogP contribution < -0.4 is 0 Å². The summed E-state index contributed by atoms with van der Waals surface area (Å²) in [6, 6.07) is 0. The summed E-state index contributed by atoms with van der Waals surface area (Å²) in [4.78, 5) is 0. The smallest absolute Gasteiger partial charge is 0.174 e. The first-order valence-electron chi connectivity index (χ1n) is 3.24. The van der Waals surface area contributed by atoms with Crippen molar-refractivity contribution in [3.63, 3.8) is 0 Å². The van der Waals surface area contributed by atoms with Crippen molar-refractivity contribution in [1.82, 2.24) is 10.2 Å². The van der Waals surface area contributed by atoms with E-state index in [0.717, 1.165) is 10.9 Å². The van der Waals surface area contributed by atoms with E-state index in [1.165, 1.54) is 0 Å². The van der Waals surface area contributed by atoms with Gasteiger partial charge in [-0.05, 0) is 0 Å². The second-order valence-electron chi connectivity index (χ2n) is 2.09. The van der Waals surface area contributed by atoms with Gasteiger partial charge in [0.05, 0.1) is 6.61 Å². The van der Waals surface area contributed by atoms with E-state index in [1.54, 1.807) is 35.7 Å². The Morgan fingerprint density at radius 2 is 2.64 bits per heavy atom. The van der Waals surface area contributed by atoms with Gasteiger partial charge >= 0.3 is 0 Å². The van der Waals surface area contributed by atoms with E-state index in [2.05, 4.69) is 17.1 Å². The fraction of sp³-hybridized carbons (Fsp3) is 0.667. The third-order valence-electron chi connectivity index (χ3n) is 1.04. The van der Waals surface area contributed by atoms with Crippen LogP contribution >= 0.6 is 23.1 Å². The van der Waals surface area contributed by atoms with E-state index in [1.807, 2.05) is 0 Å². The van der Waals surface area contributed by atoms with Crippen LogP contribution in [-0.2, 0) is 4.74 Å². The van der Waals surface area contributed by atoms with Gasteiger partial charge in [0.1, 0.15) is 5.51 Å². The molecule has 11 heavy (non-hydrogen) atoms. The lowest BCUT2D eigenvalue weighted by molar-refractivity contribution is 0.203. The second kappa shape index (κ2) is 4.69. The highest BCUT2D eigenvalue weighted by Gasteiger charge is 2.05. The van der Waals surface area contributed by atoms with Crippen LogP contribution in [0.2, 0.25) is 0 Å². The molecule has 1 aromatic heterocycles. The van der Waals surface area contributed by atoms with Crippen LogP contribution in [0.5, 0.6) is 0 Å². The molecule has 0 aliphatic heterocycles. The monoisotopic (exact) mass is 190 g/mol. The Morgan fingerprint density at radius 3 is 3.18 bits per heavy atom. The van der Waals surface area contributed by atoms with E-state index in [-0.39, 0.29) is 0 Å². The molecule has 0 amide bonds. The zero-order valence-corrected chi connectivity index (χ0v) is 8.11. The van der Waals surface area contributed by atoms with Gasteiger partial charge in [-0.1, -0.05) is 30.0 Å². The van der Waals surface area contributed by atoms with E-state index in [4.69, 9.17) is 4.74 Å². The number of hydrogen-bond acceptors (Lipinski definition) is 5. The SMILES string of the molecule is COCC(C)Sc1nncs1. The van der Waals surface area contributed by atoms with Gasteiger partial charge in [0, 0.05) is 12.4 Å². The summed E-state index contributed by atoms with van der Waals surface area (Å²) in [5, 5.41) is 8.11. The van der Waals surface area contributed by atoms with Crippen LogP contribution in [0.3, 0.4) is 0 Å². The second-order valence-corrected chi connectivity index (χ2v) is 4.61. The van der Waals surface area contributed by atoms with Gasteiger partial charge in [0.25, 0.3) is 0 Å². The Hall–Kier alpha value is -0.130. The van der Waals surface area contributed by atoms with Crippen LogP contribution in [0.15, 0.2) is 9.85 Å². The van der Waals surface area contributed by atoms with Crippen molar-refractivity contribution in [3.05, 3.63) is 5.51 Å². The molecule has 0 aromatic carbocycles. The molecule has 1 rings (SSSR count). The lowest BCUT2D eigenvalue weighted by Gasteiger charge is -2.05. The fourth-order valence-corrected chi connectivity index (χ4v) is 2.42. The maximum atomic E-state index is 4.99. The zero-order chi connectivity index (χ0) is 8.10. The zero-order valence-electron chi connectivity index (χ0n) is 6.48. The van der Waals surface area contributed by atoms with Crippen molar-refractivity contribution in [2.45, 2.75) is 16.5 Å². The fourth-order valence-electron chi connectivity index (χ4n) is 0.655. The standard InChI is InChI=1S/C6H10N2OS2/c1-5(3-9-2)11-6-8-7-4-10-6/h4-5H,3H2,1-2H3. The average molecular weight is 190 g/mol. The molecule has 0 aliphatic rings. The van der Waals surface area contributed by atoms with Crippen molar-refractivity contribution < 1.29 is 4.74 Å². The number of rotatable bonds is 4. The van der Waals surface area contributed by atoms with Crippen molar-refractivity contribution in [1.29, 1.82) is 0 Å². The molecular weight excluding hydrogens is 180 g/mol. The Labute approximate surface area is 74.2 Å². The number of aromatic nitrogens is 2. The Morgan fingerprint density at radius 1 is 1.82 bits per heavy atom. The predicted octanol–water partition coefficient (Wildman–Crippen LogP) is 1.67. The molecule has 1 heterocycles. The summed E-state index contributed by atoms with van der Waals surface area (Å²) in [5.41, 5.74) is 1.74. The minimum Gasteiger partial charge on any atom is -0.384 e. The molecule has 1 atom stereocenters. The molecule has 0 N–H and O–H groups in total. The lowest BCUT2D eigenvalue weighted by atomic mass is 10.5. The van der Waals surface area contributed by atoms with Crippen LogP contribution in [0.25, 0.3) is 0 Å². The van der Waals surface area contributed by atoms with Crippen molar-refractivity contribution >= 4 is 23.1 Å². The van der Waals surface area contributed by atoms with E-state index < -0.39 is 0 Å². The summed E-state index contributed by atoms with van der Waals surface area (Å²) >= 11 is 3.26. The molecule has 0 aliphatic carbocycles. The first-order chi connectivity index (χ1) is 5.33. The summed E-state index contributed by atoms with van der Waals surface area (Å²) in [5.74, 6) is 0. The maximum Gasteiger partial charge on any atom is 0.174 e. The van der Waals surface area contributed by atoms with E-state index >= 15 is 0 Å². The van der Waals surface area contributed by atoms with E-state index in [0.29, 0.717) is 5.25 Å². The molecule has 1 aromatic rings. The summed E-state index contributed by atoms with van der Waals surface area (Å²) in [6.45, 7) is 2.86. The van der Waals surface area contributed by atoms with Crippen LogP contribution in [0.1, 0.15) is 6.92 Å². The third kappa shape index (κ3) is 3.18. The molecule has 0 saturated heterocycles. The summed E-state index contributed by atoms with van der Waals surface area (Å²) in [7, 11) is 1.71. The molecule has 0 spiro atoms. The Bertz CT molecular complexity index is 190. The topological polar surface area (TPSA) is 35.0 Å². The molecule has 1 unspecified atom stereocenters. The van der Waals surface area contributed by atoms with Gasteiger partial charge < -0.3 is 4.74 Å². The van der Waals surface area contributed by atoms with Crippen LogP contribution in [0, 0.1) is 0 Å². The van der Waals surface area contributed by atoms with Gasteiger partial charge in [-0.15, -0.1) is 10.2 Å². The van der Waals surface area contributed by atoms with Gasteiger partial charge in [0.15, 0.2) is 4.34 Å². The number of hydrogen-bond donors (Lipinski definition) is 0. The number of methoxy groups -OCH3 is 1. The molecule has 0 radical (unpaired) electrons. The predicted molar refractivity (Wildman–Crippen MR) is 47.1 cm³/mol. The minimum atomic E-state index is 0.452. The van der Waals surface area contributed by atoms with Crippen molar-refractivity contribution in [3.8, 4) is 0 Å². The largest absolute Gasteiger partial charge is 0.384 e. The molecule has 0 saturated carbocycles. The van der Waals surface area contributed by atoms with Crippen LogP contribution in [0.4, 0.5) is 0 Å². The molecule has 62 valence electrons. The highest BCUT2D eigenvalue weighted by Crippen LogP contribution is 2.23. The van der Waals surface area contributed by atoms with Gasteiger partial charge in [-0.2, -0.15) is 0 Å².